The maximum atomic E-state index is 12.1. The second-order valence-electron chi connectivity index (χ2n) is 2.41. The van der Waals surface area contributed by atoms with Crippen LogP contribution in [0.2, 0.25) is 0 Å². The quantitative estimate of drug-likeness (QED) is 0.624. The van der Waals surface area contributed by atoms with Gasteiger partial charge in [-0.3, -0.25) is 4.40 Å². The van der Waals surface area contributed by atoms with Crippen LogP contribution in [0.5, 0.6) is 0 Å². The number of nitrogens with zero attached hydrogens (tertiary/aromatic N) is 3. The van der Waals surface area contributed by atoms with E-state index in [2.05, 4.69) is 16.2 Å². The molecule has 3 nitrogen and oxygen atoms in total. The van der Waals surface area contributed by atoms with Gasteiger partial charge in [-0.2, -0.15) is 13.2 Å². The highest BCUT2D eigenvalue weighted by Crippen LogP contribution is 2.27. The fourth-order valence-electron chi connectivity index (χ4n) is 0.919. The number of aromatic nitrogens is 3. The first-order valence-corrected chi connectivity index (χ1v) is 3.35. The van der Waals surface area contributed by atoms with Crippen molar-refractivity contribution in [3.8, 4) is 0 Å². The smallest absolute Gasteiger partial charge is 0.290 e. The molecule has 1 radical (unpaired) electrons. The Labute approximate surface area is 70.9 Å². The molecule has 0 aliphatic carbocycles. The standard InChI is InChI=1S/C7H3F3N3/c8-7(9,10)5-3-6-11-1-2-13(6)4-12-5/h2-4H. The van der Waals surface area contributed by atoms with Crippen molar-refractivity contribution in [2.75, 3.05) is 0 Å². The van der Waals surface area contributed by atoms with Crippen molar-refractivity contribution in [2.24, 2.45) is 0 Å². The Kier molecular flexibility index (Phi) is 1.51. The van der Waals surface area contributed by atoms with E-state index in [0.717, 1.165) is 12.4 Å². The van der Waals surface area contributed by atoms with Gasteiger partial charge in [0.05, 0.1) is 0 Å². The summed E-state index contributed by atoms with van der Waals surface area (Å²) in [4.78, 5) is 6.82. The van der Waals surface area contributed by atoms with E-state index in [9.17, 15) is 13.2 Å². The lowest BCUT2D eigenvalue weighted by molar-refractivity contribution is -0.141. The Hall–Kier alpha value is -1.59. The molecular weight excluding hydrogens is 183 g/mol. The van der Waals surface area contributed by atoms with Crippen LogP contribution in [0.1, 0.15) is 5.69 Å². The molecule has 2 aromatic heterocycles. The summed E-state index contributed by atoms with van der Waals surface area (Å²) in [5.41, 5.74) is -0.762. The Morgan fingerprint density at radius 2 is 2.15 bits per heavy atom. The molecule has 0 saturated carbocycles. The van der Waals surface area contributed by atoms with Gasteiger partial charge >= 0.3 is 6.18 Å². The first-order chi connectivity index (χ1) is 6.07. The van der Waals surface area contributed by atoms with Crippen LogP contribution >= 0.6 is 0 Å². The number of fused-ring (bicyclic) bond motifs is 1. The first kappa shape index (κ1) is 8.03. The van der Waals surface area contributed by atoms with E-state index in [-0.39, 0.29) is 5.65 Å². The molecule has 2 heterocycles. The number of hydrogen-bond acceptors (Lipinski definition) is 2. The molecular formula is C7H3F3N3. The van der Waals surface area contributed by atoms with Crippen molar-refractivity contribution < 1.29 is 13.2 Å². The SMILES string of the molecule is FC(F)(F)c1cc2n[c]cn2cn1. The summed E-state index contributed by atoms with van der Waals surface area (Å²) in [7, 11) is 0. The zero-order valence-corrected chi connectivity index (χ0v) is 6.21. The number of rotatable bonds is 0. The van der Waals surface area contributed by atoms with Crippen LogP contribution < -0.4 is 0 Å². The Balaban J connectivity index is 2.61. The van der Waals surface area contributed by atoms with Crippen molar-refractivity contribution in [1.82, 2.24) is 14.4 Å². The highest BCUT2D eigenvalue weighted by atomic mass is 19.4. The number of halogens is 3. The molecule has 0 aliphatic heterocycles. The molecule has 0 aromatic carbocycles. The van der Waals surface area contributed by atoms with Crippen molar-refractivity contribution >= 4 is 5.65 Å². The minimum Gasteiger partial charge on any atom is -0.290 e. The molecule has 0 unspecified atom stereocenters. The second-order valence-corrected chi connectivity index (χ2v) is 2.41. The average Bonchev–Trinajstić information content (AvgIpc) is 2.47. The second kappa shape index (κ2) is 2.45. The first-order valence-electron chi connectivity index (χ1n) is 3.35. The fraction of sp³-hybridized carbons (Fsp3) is 0.143. The monoisotopic (exact) mass is 186 g/mol. The lowest BCUT2D eigenvalue weighted by Crippen LogP contribution is -2.08. The maximum Gasteiger partial charge on any atom is 0.433 e. The largest absolute Gasteiger partial charge is 0.433 e. The molecule has 67 valence electrons. The van der Waals surface area contributed by atoms with Crippen LogP contribution in [-0.4, -0.2) is 14.4 Å². The van der Waals surface area contributed by atoms with E-state index in [4.69, 9.17) is 0 Å². The fourth-order valence-corrected chi connectivity index (χ4v) is 0.919. The molecule has 13 heavy (non-hydrogen) atoms. The minimum absolute atomic E-state index is 0.183. The van der Waals surface area contributed by atoms with E-state index in [1.165, 1.54) is 10.6 Å². The van der Waals surface area contributed by atoms with Crippen LogP contribution in [0, 0.1) is 6.20 Å². The number of imidazole rings is 1. The number of alkyl halides is 3. The normalized spacial score (nSPS) is 12.2. The third-order valence-electron chi connectivity index (χ3n) is 1.52. The van der Waals surface area contributed by atoms with Gasteiger partial charge in [-0.05, 0) is 0 Å². The van der Waals surface area contributed by atoms with Gasteiger partial charge in [-0.25, -0.2) is 9.97 Å². The zero-order valence-electron chi connectivity index (χ0n) is 6.21. The summed E-state index contributed by atoms with van der Waals surface area (Å²) in [6, 6.07) is 0.872. The molecule has 2 aromatic rings. The van der Waals surface area contributed by atoms with E-state index in [0.29, 0.717) is 0 Å². The van der Waals surface area contributed by atoms with Crippen LogP contribution in [-0.2, 0) is 6.18 Å². The van der Waals surface area contributed by atoms with Crippen molar-refractivity contribution in [3.05, 3.63) is 30.5 Å². The molecule has 0 amide bonds. The summed E-state index contributed by atoms with van der Waals surface area (Å²) >= 11 is 0. The molecule has 0 N–H and O–H groups in total. The topological polar surface area (TPSA) is 30.2 Å². The Morgan fingerprint density at radius 3 is 2.85 bits per heavy atom. The molecule has 0 fully saturated rings. The lowest BCUT2D eigenvalue weighted by atomic mass is 10.4. The van der Waals surface area contributed by atoms with Gasteiger partial charge in [0.25, 0.3) is 0 Å². The summed E-state index contributed by atoms with van der Waals surface area (Å²) in [6.07, 6.45) is 0.461. The van der Waals surface area contributed by atoms with E-state index in [1.807, 2.05) is 0 Å². The summed E-state index contributed by atoms with van der Waals surface area (Å²) in [6.45, 7) is 0. The predicted molar refractivity (Wildman–Crippen MR) is 36.8 cm³/mol. The third-order valence-corrected chi connectivity index (χ3v) is 1.52. The molecule has 6 heteroatoms. The lowest BCUT2D eigenvalue weighted by Gasteiger charge is -2.04. The van der Waals surface area contributed by atoms with Gasteiger partial charge in [0, 0.05) is 12.3 Å². The molecule has 0 aliphatic rings. The highest BCUT2D eigenvalue weighted by Gasteiger charge is 2.32. The summed E-state index contributed by atoms with van der Waals surface area (Å²) in [5, 5.41) is 0. The Morgan fingerprint density at radius 1 is 1.38 bits per heavy atom. The molecule has 0 atom stereocenters. The van der Waals surface area contributed by atoms with Crippen LogP contribution in [0.15, 0.2) is 18.6 Å². The van der Waals surface area contributed by atoms with Gasteiger partial charge in [0.2, 0.25) is 0 Å². The van der Waals surface area contributed by atoms with Gasteiger partial charge in [0.15, 0.2) is 0 Å². The van der Waals surface area contributed by atoms with E-state index in [1.54, 1.807) is 0 Å². The average molecular weight is 186 g/mol. The van der Waals surface area contributed by atoms with Crippen molar-refractivity contribution in [2.45, 2.75) is 6.18 Å². The van der Waals surface area contributed by atoms with E-state index >= 15 is 0 Å². The minimum atomic E-state index is -4.42. The maximum absolute atomic E-state index is 12.1. The van der Waals surface area contributed by atoms with Crippen molar-refractivity contribution in [1.29, 1.82) is 0 Å². The van der Waals surface area contributed by atoms with Gasteiger partial charge in [-0.1, -0.05) is 0 Å². The third kappa shape index (κ3) is 1.34. The van der Waals surface area contributed by atoms with Gasteiger partial charge < -0.3 is 0 Å². The number of hydrogen-bond donors (Lipinski definition) is 0. The summed E-state index contributed by atoms with van der Waals surface area (Å²) < 4.78 is 37.7. The Bertz CT molecular complexity index is 432. The molecule has 0 bridgehead atoms. The summed E-state index contributed by atoms with van der Waals surface area (Å²) in [5.74, 6) is 0. The molecule has 2 rings (SSSR count). The molecule has 0 spiro atoms. The van der Waals surface area contributed by atoms with Gasteiger partial charge in [-0.15, -0.1) is 0 Å². The van der Waals surface area contributed by atoms with Gasteiger partial charge in [0.1, 0.15) is 23.9 Å². The van der Waals surface area contributed by atoms with Crippen LogP contribution in [0.25, 0.3) is 5.65 Å². The highest BCUT2D eigenvalue weighted by molar-refractivity contribution is 5.38. The predicted octanol–water partition coefficient (Wildman–Crippen LogP) is 1.55. The van der Waals surface area contributed by atoms with E-state index < -0.39 is 11.9 Å². The van der Waals surface area contributed by atoms with Crippen LogP contribution in [0.3, 0.4) is 0 Å². The zero-order chi connectivity index (χ0) is 9.47. The van der Waals surface area contributed by atoms with Crippen molar-refractivity contribution in [3.63, 3.8) is 0 Å². The molecule has 0 saturated heterocycles. The van der Waals surface area contributed by atoms with Crippen LogP contribution in [0.4, 0.5) is 13.2 Å².